The van der Waals surface area contributed by atoms with Crippen molar-refractivity contribution in [1.82, 2.24) is 24.9 Å². The molecule has 2 heterocycles. The van der Waals surface area contributed by atoms with Crippen LogP contribution in [0.15, 0.2) is 170 Å². The standard InChI is InChI=1S/C30H32N4O4.C30H32N4O2.C5H10O.ClH/c1-20-16-26(28(36)32-24-14-9-13-23(18-24)27(35)22-11-6-5-7-12-22)34(33-20)25-15-8-10-21(17-25)19-31-29(37)38-30(2,3)4;1-21-17-28(34(33-21)27-12-5-7-23(18-27)20-31)30(35)32-26-11-6-10-25(19-26)29(24-8-3-2-4-9-24)36-16-15-22-13-14-22;6-4-3-5-1-2-5;/h5-18,27,35H,19H2,1-4H3,(H,31,37)(H,32,36);2-12,17-19,22,29H,13-16,20,31H2,1H3,(H,32,35);5-6H,1-4H2;1H. The fourth-order valence-electron chi connectivity index (χ4n) is 8.96. The van der Waals surface area contributed by atoms with Crippen LogP contribution in [0.4, 0.5) is 16.2 Å². The molecule has 81 heavy (non-hydrogen) atoms. The van der Waals surface area contributed by atoms with Crippen molar-refractivity contribution in [3.05, 3.63) is 226 Å². The molecule has 2 saturated carbocycles. The van der Waals surface area contributed by atoms with Gasteiger partial charge in [-0.25, -0.2) is 14.2 Å². The molecule has 0 spiro atoms. The predicted octanol–water partition coefficient (Wildman–Crippen LogP) is 12.5. The Morgan fingerprint density at radius 2 is 1.10 bits per heavy atom. The lowest BCUT2D eigenvalue weighted by molar-refractivity contribution is 0.0523. The summed E-state index contributed by atoms with van der Waals surface area (Å²) >= 11 is 0. The zero-order valence-corrected chi connectivity index (χ0v) is 47.6. The normalized spacial score (nSPS) is 13.4. The largest absolute Gasteiger partial charge is 0.444 e. The number of rotatable bonds is 19. The summed E-state index contributed by atoms with van der Waals surface area (Å²) in [6, 6.07) is 53.3. The summed E-state index contributed by atoms with van der Waals surface area (Å²) in [4.78, 5) is 38.7. The molecule has 424 valence electrons. The van der Waals surface area contributed by atoms with Crippen LogP contribution in [0.5, 0.6) is 0 Å². The van der Waals surface area contributed by atoms with E-state index in [9.17, 15) is 19.5 Å². The highest BCUT2D eigenvalue weighted by Gasteiger charge is 2.24. The lowest BCUT2D eigenvalue weighted by Crippen LogP contribution is -2.32. The number of aliphatic hydroxyl groups is 2. The topological polar surface area (TPSA) is 208 Å². The summed E-state index contributed by atoms with van der Waals surface area (Å²) in [5.74, 6) is 1.15. The second-order valence-corrected chi connectivity index (χ2v) is 21.4. The van der Waals surface area contributed by atoms with Gasteiger partial charge in [0, 0.05) is 37.7 Å². The Balaban J connectivity index is 0.000000209. The second-order valence-electron chi connectivity index (χ2n) is 21.4. The van der Waals surface area contributed by atoms with E-state index in [1.54, 1.807) is 39.7 Å². The SMILES string of the molecule is Cc1cc(C(=O)Nc2cccc(C(O)c3ccccc3)c2)n(-c2cccc(CNC(=O)OC(C)(C)C)c2)n1.Cc1cc(C(=O)Nc2cccc(C(OCCC3CC3)c3ccccc3)c2)n(-c2cccc(CN)c2)n1.Cl.OCCC1CC1. The van der Waals surface area contributed by atoms with E-state index in [1.807, 2.05) is 156 Å². The van der Waals surface area contributed by atoms with E-state index in [0.717, 1.165) is 70.5 Å². The monoisotopic (exact) mass is 1110 g/mol. The molecule has 6 aromatic carbocycles. The molecular formula is C65H75ClN8O7. The van der Waals surface area contributed by atoms with Crippen molar-refractivity contribution in [1.29, 1.82) is 0 Å². The van der Waals surface area contributed by atoms with Gasteiger partial charge in [-0.1, -0.05) is 135 Å². The van der Waals surface area contributed by atoms with E-state index in [1.165, 1.54) is 25.7 Å². The molecule has 2 unspecified atom stereocenters. The van der Waals surface area contributed by atoms with E-state index in [-0.39, 0.29) is 36.9 Å². The maximum atomic E-state index is 13.4. The first-order valence-electron chi connectivity index (χ1n) is 27.4. The van der Waals surface area contributed by atoms with Crippen LogP contribution >= 0.6 is 12.4 Å². The number of anilines is 2. The van der Waals surface area contributed by atoms with Crippen molar-refractivity contribution in [3.8, 4) is 11.4 Å². The Kier molecular flexibility index (Phi) is 21.7. The number of alkyl carbamates (subject to hydrolysis) is 1. The van der Waals surface area contributed by atoms with Crippen LogP contribution in [0.1, 0.15) is 137 Å². The molecule has 0 aliphatic heterocycles. The third kappa shape index (κ3) is 18.3. The van der Waals surface area contributed by atoms with Gasteiger partial charge in [-0.05, 0) is 153 Å². The second kappa shape index (κ2) is 29.0. The van der Waals surface area contributed by atoms with Crippen molar-refractivity contribution in [3.63, 3.8) is 0 Å². The van der Waals surface area contributed by atoms with Crippen LogP contribution in [-0.4, -0.2) is 66.5 Å². The zero-order chi connectivity index (χ0) is 56.6. The van der Waals surface area contributed by atoms with Gasteiger partial charge in [0.25, 0.3) is 11.8 Å². The number of carbonyl (C=O) groups is 3. The minimum atomic E-state index is -0.808. The number of aryl methyl sites for hydroxylation is 2. The molecule has 2 aromatic heterocycles. The van der Waals surface area contributed by atoms with Crippen LogP contribution in [0.2, 0.25) is 0 Å². The first kappa shape index (κ1) is 60.7. The number of nitrogens with zero attached hydrogens (tertiary/aromatic N) is 4. The minimum Gasteiger partial charge on any atom is -0.444 e. The molecule has 8 aromatic rings. The van der Waals surface area contributed by atoms with E-state index in [4.69, 9.17) is 20.3 Å². The number of hydrogen-bond donors (Lipinski definition) is 6. The van der Waals surface area contributed by atoms with Gasteiger partial charge in [-0.3, -0.25) is 9.59 Å². The average molecular weight is 1120 g/mol. The molecule has 3 amide bonds. The van der Waals surface area contributed by atoms with Crippen LogP contribution in [0.25, 0.3) is 11.4 Å². The Morgan fingerprint density at radius 1 is 0.617 bits per heavy atom. The number of aromatic nitrogens is 4. The van der Waals surface area contributed by atoms with Crippen LogP contribution in [0.3, 0.4) is 0 Å². The molecule has 2 aliphatic rings. The molecule has 16 heteroatoms. The summed E-state index contributed by atoms with van der Waals surface area (Å²) in [5.41, 5.74) is 15.6. The number of hydrogen-bond acceptors (Lipinski definition) is 10. The van der Waals surface area contributed by atoms with Gasteiger partial charge < -0.3 is 41.4 Å². The van der Waals surface area contributed by atoms with Crippen LogP contribution in [-0.2, 0) is 22.6 Å². The Morgan fingerprint density at radius 3 is 1.62 bits per heavy atom. The first-order chi connectivity index (χ1) is 38.6. The minimum absolute atomic E-state index is 0. The summed E-state index contributed by atoms with van der Waals surface area (Å²) in [6.45, 7) is 10.9. The van der Waals surface area contributed by atoms with Crippen LogP contribution < -0.4 is 21.7 Å². The van der Waals surface area contributed by atoms with Gasteiger partial charge in [0.2, 0.25) is 0 Å². The number of amides is 3. The number of aliphatic hydroxyl groups excluding tert-OH is 2. The fraction of sp³-hybridized carbons (Fsp3) is 0.308. The van der Waals surface area contributed by atoms with Gasteiger partial charge >= 0.3 is 6.09 Å². The summed E-state index contributed by atoms with van der Waals surface area (Å²) in [5, 5.41) is 36.8. The molecule has 7 N–H and O–H groups in total. The third-order valence-corrected chi connectivity index (χ3v) is 13.4. The quantitative estimate of drug-likeness (QED) is 0.0451. The molecule has 2 fully saturated rings. The van der Waals surface area contributed by atoms with Gasteiger partial charge in [0.1, 0.15) is 29.2 Å². The maximum absolute atomic E-state index is 13.4. The highest BCUT2D eigenvalue weighted by Crippen LogP contribution is 2.35. The van der Waals surface area contributed by atoms with E-state index >= 15 is 0 Å². The smallest absolute Gasteiger partial charge is 0.407 e. The Labute approximate surface area is 481 Å². The fourth-order valence-corrected chi connectivity index (χ4v) is 8.96. The maximum Gasteiger partial charge on any atom is 0.407 e. The van der Waals surface area contributed by atoms with E-state index in [0.29, 0.717) is 52.9 Å². The van der Waals surface area contributed by atoms with E-state index in [2.05, 4.69) is 44.3 Å². The van der Waals surface area contributed by atoms with E-state index < -0.39 is 17.8 Å². The Bertz CT molecular complexity index is 3310. The molecular weight excluding hydrogens is 1040 g/mol. The third-order valence-electron chi connectivity index (χ3n) is 13.4. The van der Waals surface area contributed by atoms with Gasteiger partial charge in [-0.2, -0.15) is 10.2 Å². The molecule has 10 rings (SSSR count). The lowest BCUT2D eigenvalue weighted by Gasteiger charge is -2.20. The van der Waals surface area contributed by atoms with Gasteiger partial charge in [-0.15, -0.1) is 12.4 Å². The molecule has 15 nitrogen and oxygen atoms in total. The number of carbonyl (C=O) groups excluding carboxylic acids is 3. The molecule has 0 bridgehead atoms. The average Bonchev–Trinajstić information content (AvgIpc) is 4.50. The zero-order valence-electron chi connectivity index (χ0n) is 46.8. The molecule has 2 aliphatic carbocycles. The summed E-state index contributed by atoms with van der Waals surface area (Å²) in [7, 11) is 0. The van der Waals surface area contributed by atoms with Crippen molar-refractivity contribution in [2.24, 2.45) is 17.6 Å². The number of ether oxygens (including phenoxy) is 2. The van der Waals surface area contributed by atoms with Crippen molar-refractivity contribution in [2.45, 2.75) is 104 Å². The Hall–Kier alpha value is -7.92. The number of nitrogens with two attached hydrogens (primary N) is 1. The van der Waals surface area contributed by atoms with Crippen molar-refractivity contribution in [2.75, 3.05) is 23.8 Å². The predicted molar refractivity (Wildman–Crippen MR) is 320 cm³/mol. The summed E-state index contributed by atoms with van der Waals surface area (Å²) < 4.78 is 14.9. The van der Waals surface area contributed by atoms with Crippen LogP contribution in [0, 0.1) is 25.7 Å². The molecule has 2 atom stereocenters. The number of nitrogens with one attached hydrogen (secondary N) is 3. The van der Waals surface area contributed by atoms with Crippen molar-refractivity contribution >= 4 is 41.7 Å². The molecule has 0 radical (unpaired) electrons. The first-order valence-corrected chi connectivity index (χ1v) is 27.4. The summed E-state index contributed by atoms with van der Waals surface area (Å²) in [6.07, 6.45) is 5.99. The van der Waals surface area contributed by atoms with Gasteiger partial charge in [0.05, 0.1) is 22.8 Å². The van der Waals surface area contributed by atoms with Crippen molar-refractivity contribution < 1.29 is 34.1 Å². The molecule has 0 saturated heterocycles. The van der Waals surface area contributed by atoms with Gasteiger partial charge in [0.15, 0.2) is 0 Å². The lowest BCUT2D eigenvalue weighted by atomic mass is 10.0. The number of halogens is 1. The number of benzene rings is 6. The highest BCUT2D eigenvalue weighted by atomic mass is 35.5. The highest BCUT2D eigenvalue weighted by molar-refractivity contribution is 6.04.